The summed E-state index contributed by atoms with van der Waals surface area (Å²) in [4.78, 5) is 11.2. The zero-order chi connectivity index (χ0) is 17.0. The monoisotopic (exact) mass is 370 g/mol. The Morgan fingerprint density at radius 1 is 0.913 bits per heavy atom. The van der Waals surface area contributed by atoms with Crippen LogP contribution in [0, 0.1) is 0 Å². The van der Waals surface area contributed by atoms with Crippen LogP contribution in [0.3, 0.4) is 0 Å². The third kappa shape index (κ3) is 4.80. The molecule has 0 saturated carbocycles. The van der Waals surface area contributed by atoms with Gasteiger partial charge in [0, 0.05) is 16.5 Å². The van der Waals surface area contributed by atoms with Gasteiger partial charge in [-0.05, 0) is 42.3 Å². The van der Waals surface area contributed by atoms with Crippen molar-refractivity contribution in [3.05, 3.63) is 69.7 Å². The van der Waals surface area contributed by atoms with Crippen LogP contribution < -0.4 is 0 Å². The summed E-state index contributed by atoms with van der Waals surface area (Å²) >= 11 is 11.8. The highest BCUT2D eigenvalue weighted by atomic mass is 35.5. The van der Waals surface area contributed by atoms with E-state index in [0.29, 0.717) is 21.2 Å². The topological polar surface area (TPSA) is 51.2 Å². The summed E-state index contributed by atoms with van der Waals surface area (Å²) in [5.74, 6) is -0.349. The van der Waals surface area contributed by atoms with Crippen molar-refractivity contribution in [2.24, 2.45) is 0 Å². The highest BCUT2D eigenvalue weighted by Gasteiger charge is 2.29. The molecule has 0 aliphatic carbocycles. The van der Waals surface area contributed by atoms with Gasteiger partial charge in [-0.1, -0.05) is 47.5 Å². The van der Waals surface area contributed by atoms with E-state index in [-0.39, 0.29) is 18.0 Å². The van der Waals surface area contributed by atoms with E-state index in [1.807, 2.05) is 0 Å². The maximum absolute atomic E-state index is 12.8. The Kier molecular flexibility index (Phi) is 5.84. The highest BCUT2D eigenvalue weighted by Crippen LogP contribution is 2.32. The minimum atomic E-state index is -3.56. The molecule has 3 nitrogen and oxygen atoms in total. The number of rotatable bonds is 6. The number of hydrogen-bond acceptors (Lipinski definition) is 3. The summed E-state index contributed by atoms with van der Waals surface area (Å²) < 4.78 is 25.6. The second-order valence-corrected chi connectivity index (χ2v) is 8.38. The van der Waals surface area contributed by atoms with Gasteiger partial charge in [-0.15, -0.1) is 0 Å². The number of sulfone groups is 1. The van der Waals surface area contributed by atoms with Gasteiger partial charge in [0.15, 0.2) is 9.84 Å². The van der Waals surface area contributed by atoms with Crippen LogP contribution in [0.15, 0.2) is 48.5 Å². The van der Waals surface area contributed by atoms with Crippen LogP contribution in [-0.4, -0.2) is 20.0 Å². The summed E-state index contributed by atoms with van der Waals surface area (Å²) in [5.41, 5.74) is 1.22. The van der Waals surface area contributed by atoms with Gasteiger partial charge in [0.25, 0.3) is 0 Å². The molecular weight excluding hydrogens is 355 g/mol. The molecule has 0 unspecified atom stereocenters. The first kappa shape index (κ1) is 18.0. The second-order valence-electron chi connectivity index (χ2n) is 5.30. The number of carbonyl (C=O) groups excluding carboxylic acids is 1. The van der Waals surface area contributed by atoms with Gasteiger partial charge in [-0.2, -0.15) is 0 Å². The van der Waals surface area contributed by atoms with Gasteiger partial charge in [0.2, 0.25) is 0 Å². The van der Waals surface area contributed by atoms with Crippen molar-refractivity contribution in [1.82, 2.24) is 0 Å². The van der Waals surface area contributed by atoms with Crippen LogP contribution in [0.5, 0.6) is 0 Å². The molecule has 0 aromatic heterocycles. The average Bonchev–Trinajstić information content (AvgIpc) is 2.49. The molecule has 2 aromatic carbocycles. The highest BCUT2D eigenvalue weighted by molar-refractivity contribution is 7.91. The first-order valence-corrected chi connectivity index (χ1v) is 9.48. The molecule has 0 aliphatic heterocycles. The lowest BCUT2D eigenvalue weighted by atomic mass is 10.0. The largest absolute Gasteiger partial charge is 0.300 e. The third-order valence-electron chi connectivity index (χ3n) is 3.44. The minimum absolute atomic E-state index is 0.0000127. The fraction of sp³-hybridized carbons (Fsp3) is 0.235. The van der Waals surface area contributed by atoms with E-state index in [1.54, 1.807) is 48.5 Å². The number of hydrogen-bond donors (Lipinski definition) is 0. The van der Waals surface area contributed by atoms with Crippen LogP contribution in [0.1, 0.15) is 29.7 Å². The van der Waals surface area contributed by atoms with Gasteiger partial charge in [0.05, 0.1) is 5.75 Å². The van der Waals surface area contributed by atoms with E-state index in [9.17, 15) is 13.2 Å². The zero-order valence-electron chi connectivity index (χ0n) is 12.5. The second kappa shape index (κ2) is 7.47. The summed E-state index contributed by atoms with van der Waals surface area (Å²) in [6.07, 6.45) is 0.0000127. The quantitative estimate of drug-likeness (QED) is 0.753. The van der Waals surface area contributed by atoms with Gasteiger partial charge >= 0.3 is 0 Å². The number of halogens is 2. The standard InChI is InChI=1S/C17H16Cl2O3S/c1-12(20)10-11-23(21,22)17(13-2-6-15(18)7-3-13)14-4-8-16(19)9-5-14/h2-9,17H,10-11H2,1H3. The van der Waals surface area contributed by atoms with E-state index in [4.69, 9.17) is 23.2 Å². The predicted octanol–water partition coefficient (Wildman–Crippen LogP) is 4.48. The molecule has 0 bridgehead atoms. The van der Waals surface area contributed by atoms with Crippen LogP contribution >= 0.6 is 23.2 Å². The van der Waals surface area contributed by atoms with Crippen LogP contribution in [0.25, 0.3) is 0 Å². The SMILES string of the molecule is CC(=O)CCS(=O)(=O)C(c1ccc(Cl)cc1)c1ccc(Cl)cc1. The van der Waals surface area contributed by atoms with Gasteiger partial charge in [-0.25, -0.2) is 8.42 Å². The summed E-state index contributed by atoms with van der Waals surface area (Å²) in [5, 5.41) is 0.214. The number of benzene rings is 2. The summed E-state index contributed by atoms with van der Waals surface area (Å²) in [7, 11) is -3.56. The molecule has 0 N–H and O–H groups in total. The Balaban J connectivity index is 2.48. The fourth-order valence-electron chi connectivity index (χ4n) is 2.29. The molecule has 122 valence electrons. The maximum Gasteiger partial charge on any atom is 0.161 e. The van der Waals surface area contributed by atoms with Gasteiger partial charge in [-0.3, -0.25) is 4.79 Å². The van der Waals surface area contributed by atoms with Crippen LogP contribution in [-0.2, 0) is 14.6 Å². The molecule has 23 heavy (non-hydrogen) atoms. The number of carbonyl (C=O) groups is 1. The molecule has 2 aromatic rings. The molecule has 0 atom stereocenters. The van der Waals surface area contributed by atoms with Gasteiger partial charge < -0.3 is 0 Å². The van der Waals surface area contributed by atoms with E-state index < -0.39 is 15.1 Å². The predicted molar refractivity (Wildman–Crippen MR) is 93.8 cm³/mol. The van der Waals surface area contributed by atoms with Crippen molar-refractivity contribution in [2.75, 3.05) is 5.75 Å². The molecule has 0 saturated heterocycles. The molecule has 0 amide bonds. The molecule has 0 heterocycles. The maximum atomic E-state index is 12.8. The Labute approximate surface area is 146 Å². The smallest absolute Gasteiger partial charge is 0.161 e. The first-order chi connectivity index (χ1) is 10.8. The Morgan fingerprint density at radius 2 is 1.30 bits per heavy atom. The van der Waals surface area contributed by atoms with Gasteiger partial charge in [0.1, 0.15) is 11.0 Å². The molecule has 0 aliphatic rings. The lowest BCUT2D eigenvalue weighted by Crippen LogP contribution is -2.19. The van der Waals surface area contributed by atoms with Crippen molar-refractivity contribution in [3.63, 3.8) is 0 Å². The first-order valence-electron chi connectivity index (χ1n) is 7.01. The fourth-order valence-corrected chi connectivity index (χ4v) is 4.49. The van der Waals surface area contributed by atoms with E-state index in [1.165, 1.54) is 6.92 Å². The van der Waals surface area contributed by atoms with Crippen LogP contribution in [0.2, 0.25) is 10.0 Å². The van der Waals surface area contributed by atoms with Crippen molar-refractivity contribution < 1.29 is 13.2 Å². The van der Waals surface area contributed by atoms with Crippen molar-refractivity contribution in [1.29, 1.82) is 0 Å². The molecular formula is C17H16Cl2O3S. The van der Waals surface area contributed by atoms with E-state index in [0.717, 1.165) is 0 Å². The lowest BCUT2D eigenvalue weighted by molar-refractivity contribution is -0.116. The lowest BCUT2D eigenvalue weighted by Gasteiger charge is -2.19. The minimum Gasteiger partial charge on any atom is -0.300 e. The van der Waals surface area contributed by atoms with Crippen molar-refractivity contribution in [2.45, 2.75) is 18.6 Å². The average molecular weight is 371 g/mol. The summed E-state index contributed by atoms with van der Waals surface area (Å²) in [6.45, 7) is 1.38. The van der Waals surface area contributed by atoms with Crippen molar-refractivity contribution >= 4 is 38.8 Å². The van der Waals surface area contributed by atoms with E-state index in [2.05, 4.69) is 0 Å². The molecule has 6 heteroatoms. The molecule has 0 spiro atoms. The normalized spacial score (nSPS) is 11.7. The Hall–Kier alpha value is -1.36. The third-order valence-corrected chi connectivity index (χ3v) is 5.98. The molecule has 2 rings (SSSR count). The summed E-state index contributed by atoms with van der Waals surface area (Å²) in [6, 6.07) is 13.4. The van der Waals surface area contributed by atoms with E-state index >= 15 is 0 Å². The molecule has 0 radical (unpaired) electrons. The Bertz CT molecular complexity index is 736. The zero-order valence-corrected chi connectivity index (χ0v) is 14.8. The number of Topliss-reactive ketones (excluding diaryl/α,β-unsaturated/α-hetero) is 1. The number of ketones is 1. The van der Waals surface area contributed by atoms with Crippen LogP contribution in [0.4, 0.5) is 0 Å². The Morgan fingerprint density at radius 3 is 1.65 bits per heavy atom. The molecule has 0 fully saturated rings. The van der Waals surface area contributed by atoms with Crippen molar-refractivity contribution in [3.8, 4) is 0 Å².